The molecule has 1 aromatic carbocycles. The molecule has 0 unspecified atom stereocenters. The average Bonchev–Trinajstić information content (AvgIpc) is 2.83. The van der Waals surface area contributed by atoms with Gasteiger partial charge in [0.1, 0.15) is 5.01 Å². The van der Waals surface area contributed by atoms with E-state index in [1.165, 1.54) is 5.56 Å². The van der Waals surface area contributed by atoms with Crippen LogP contribution in [0.3, 0.4) is 0 Å². The third kappa shape index (κ3) is 4.26. The molecule has 0 aliphatic rings. The summed E-state index contributed by atoms with van der Waals surface area (Å²) in [5, 5.41) is 6.43. The Hall–Kier alpha value is -1.23. The fourth-order valence-electron chi connectivity index (χ4n) is 1.69. The Bertz CT molecular complexity index is 413. The Labute approximate surface area is 106 Å². The molecule has 0 aliphatic carbocycles. The van der Waals surface area contributed by atoms with Gasteiger partial charge in [-0.3, -0.25) is 0 Å². The van der Waals surface area contributed by atoms with Crippen molar-refractivity contribution >= 4 is 11.3 Å². The van der Waals surface area contributed by atoms with Crippen LogP contribution in [0.1, 0.15) is 10.6 Å². The molecule has 1 heterocycles. The standard InChI is InChI=1S/C13H17N3S/c14-12(8-11-4-2-1-3-5-11)9-15-10-13-16-6-7-17-13/h1-7,12,15H,8-10,14H2/t12-/m1/s1. The van der Waals surface area contributed by atoms with Gasteiger partial charge in [0.15, 0.2) is 0 Å². The van der Waals surface area contributed by atoms with E-state index in [-0.39, 0.29) is 6.04 Å². The highest BCUT2D eigenvalue weighted by atomic mass is 32.1. The van der Waals surface area contributed by atoms with Crippen molar-refractivity contribution < 1.29 is 0 Å². The van der Waals surface area contributed by atoms with Gasteiger partial charge < -0.3 is 11.1 Å². The van der Waals surface area contributed by atoms with Crippen molar-refractivity contribution in [1.29, 1.82) is 0 Å². The van der Waals surface area contributed by atoms with Crippen molar-refractivity contribution in [2.24, 2.45) is 5.73 Å². The van der Waals surface area contributed by atoms with Gasteiger partial charge in [0.25, 0.3) is 0 Å². The molecule has 0 saturated heterocycles. The molecule has 4 heteroatoms. The molecule has 3 N–H and O–H groups in total. The minimum absolute atomic E-state index is 0.150. The zero-order chi connectivity index (χ0) is 11.9. The largest absolute Gasteiger partial charge is 0.326 e. The molecule has 2 aromatic rings. The van der Waals surface area contributed by atoms with E-state index >= 15 is 0 Å². The van der Waals surface area contributed by atoms with Gasteiger partial charge in [0.2, 0.25) is 0 Å². The first-order valence-corrected chi connectivity index (χ1v) is 6.61. The second-order valence-electron chi connectivity index (χ2n) is 4.01. The van der Waals surface area contributed by atoms with Crippen molar-refractivity contribution in [3.63, 3.8) is 0 Å². The highest BCUT2D eigenvalue weighted by molar-refractivity contribution is 7.09. The van der Waals surface area contributed by atoms with Crippen LogP contribution in [0.2, 0.25) is 0 Å². The summed E-state index contributed by atoms with van der Waals surface area (Å²) in [5.74, 6) is 0. The second kappa shape index (κ2) is 6.49. The van der Waals surface area contributed by atoms with Gasteiger partial charge in [-0.2, -0.15) is 0 Å². The summed E-state index contributed by atoms with van der Waals surface area (Å²) in [6, 6.07) is 10.5. The Kier molecular flexibility index (Phi) is 4.67. The van der Waals surface area contributed by atoms with E-state index in [2.05, 4.69) is 22.4 Å². The van der Waals surface area contributed by atoms with Gasteiger partial charge in [0.05, 0.1) is 0 Å². The van der Waals surface area contributed by atoms with Gasteiger partial charge in [0, 0.05) is 30.7 Å². The number of hydrogen-bond acceptors (Lipinski definition) is 4. The predicted octanol–water partition coefficient (Wildman–Crippen LogP) is 1.80. The number of nitrogens with one attached hydrogen (secondary N) is 1. The predicted molar refractivity (Wildman–Crippen MR) is 71.9 cm³/mol. The van der Waals surface area contributed by atoms with Crippen LogP contribution in [0, 0.1) is 0 Å². The number of hydrogen-bond donors (Lipinski definition) is 2. The molecule has 1 atom stereocenters. The first-order chi connectivity index (χ1) is 8.34. The van der Waals surface area contributed by atoms with Crippen molar-refractivity contribution in [2.75, 3.05) is 6.54 Å². The summed E-state index contributed by atoms with van der Waals surface area (Å²) >= 11 is 1.66. The van der Waals surface area contributed by atoms with Crippen LogP contribution >= 0.6 is 11.3 Å². The van der Waals surface area contributed by atoms with Crippen LogP contribution in [0.4, 0.5) is 0 Å². The third-order valence-corrected chi connectivity index (χ3v) is 3.29. The Morgan fingerprint density at radius 1 is 1.29 bits per heavy atom. The Morgan fingerprint density at radius 2 is 2.12 bits per heavy atom. The normalized spacial score (nSPS) is 12.5. The van der Waals surface area contributed by atoms with E-state index in [1.807, 2.05) is 29.8 Å². The molecule has 0 radical (unpaired) electrons. The summed E-state index contributed by atoms with van der Waals surface area (Å²) in [4.78, 5) is 4.21. The maximum Gasteiger partial charge on any atom is 0.106 e. The molecule has 90 valence electrons. The number of nitrogens with two attached hydrogens (primary N) is 1. The molecule has 17 heavy (non-hydrogen) atoms. The van der Waals surface area contributed by atoms with Crippen molar-refractivity contribution in [3.8, 4) is 0 Å². The van der Waals surface area contributed by atoms with Crippen LogP contribution < -0.4 is 11.1 Å². The van der Waals surface area contributed by atoms with Crippen LogP contribution in [0.25, 0.3) is 0 Å². The molecule has 0 saturated carbocycles. The Balaban J connectivity index is 1.69. The molecular formula is C13H17N3S. The van der Waals surface area contributed by atoms with Crippen molar-refractivity contribution in [1.82, 2.24) is 10.3 Å². The molecule has 2 rings (SSSR count). The summed E-state index contributed by atoms with van der Waals surface area (Å²) in [5.41, 5.74) is 7.35. The topological polar surface area (TPSA) is 50.9 Å². The lowest BCUT2D eigenvalue weighted by atomic mass is 10.1. The zero-order valence-corrected chi connectivity index (χ0v) is 10.5. The van der Waals surface area contributed by atoms with E-state index in [0.717, 1.165) is 24.5 Å². The summed E-state index contributed by atoms with van der Waals surface area (Å²) < 4.78 is 0. The third-order valence-electron chi connectivity index (χ3n) is 2.51. The van der Waals surface area contributed by atoms with Crippen molar-refractivity contribution in [3.05, 3.63) is 52.5 Å². The maximum atomic E-state index is 6.07. The summed E-state index contributed by atoms with van der Waals surface area (Å²) in [6.45, 7) is 1.62. The van der Waals surface area contributed by atoms with Gasteiger partial charge in [-0.25, -0.2) is 4.98 Å². The van der Waals surface area contributed by atoms with Crippen LogP contribution in [0.5, 0.6) is 0 Å². The number of aromatic nitrogens is 1. The number of thiazole rings is 1. The first-order valence-electron chi connectivity index (χ1n) is 5.73. The average molecular weight is 247 g/mol. The van der Waals surface area contributed by atoms with Crippen molar-refractivity contribution in [2.45, 2.75) is 19.0 Å². The Morgan fingerprint density at radius 3 is 2.82 bits per heavy atom. The smallest absolute Gasteiger partial charge is 0.106 e. The summed E-state index contributed by atoms with van der Waals surface area (Å²) in [7, 11) is 0. The highest BCUT2D eigenvalue weighted by Gasteiger charge is 2.03. The lowest BCUT2D eigenvalue weighted by Crippen LogP contribution is -2.35. The van der Waals surface area contributed by atoms with Gasteiger partial charge >= 0.3 is 0 Å². The molecule has 1 aromatic heterocycles. The van der Waals surface area contributed by atoms with Crippen LogP contribution in [-0.2, 0) is 13.0 Å². The fourth-order valence-corrected chi connectivity index (χ4v) is 2.28. The lowest BCUT2D eigenvalue weighted by Gasteiger charge is -2.12. The molecular weight excluding hydrogens is 230 g/mol. The fraction of sp³-hybridized carbons (Fsp3) is 0.308. The maximum absolute atomic E-state index is 6.07. The van der Waals surface area contributed by atoms with Gasteiger partial charge in [-0.05, 0) is 12.0 Å². The number of benzene rings is 1. The number of rotatable bonds is 6. The molecule has 0 aliphatic heterocycles. The second-order valence-corrected chi connectivity index (χ2v) is 4.99. The SMILES string of the molecule is N[C@@H](CNCc1nccs1)Cc1ccccc1. The van der Waals surface area contributed by atoms with Gasteiger partial charge in [-0.15, -0.1) is 11.3 Å². The monoisotopic (exact) mass is 247 g/mol. The molecule has 3 nitrogen and oxygen atoms in total. The molecule has 0 amide bonds. The quantitative estimate of drug-likeness (QED) is 0.818. The van der Waals surface area contributed by atoms with E-state index in [0.29, 0.717) is 0 Å². The molecule has 0 spiro atoms. The molecule has 0 bridgehead atoms. The van der Waals surface area contributed by atoms with E-state index in [9.17, 15) is 0 Å². The van der Waals surface area contributed by atoms with Crippen LogP contribution in [0.15, 0.2) is 41.9 Å². The van der Waals surface area contributed by atoms with Crippen LogP contribution in [-0.4, -0.2) is 17.6 Å². The minimum Gasteiger partial charge on any atom is -0.326 e. The zero-order valence-electron chi connectivity index (χ0n) is 9.67. The minimum atomic E-state index is 0.150. The molecule has 0 fully saturated rings. The number of nitrogens with zero attached hydrogens (tertiary/aromatic N) is 1. The lowest BCUT2D eigenvalue weighted by molar-refractivity contribution is 0.572. The highest BCUT2D eigenvalue weighted by Crippen LogP contribution is 2.03. The summed E-state index contributed by atoms with van der Waals surface area (Å²) in [6.07, 6.45) is 2.73. The van der Waals surface area contributed by atoms with E-state index in [4.69, 9.17) is 5.73 Å². The van der Waals surface area contributed by atoms with E-state index in [1.54, 1.807) is 11.3 Å². The first kappa shape index (κ1) is 12.2. The van der Waals surface area contributed by atoms with Gasteiger partial charge in [-0.1, -0.05) is 30.3 Å². The van der Waals surface area contributed by atoms with E-state index < -0.39 is 0 Å².